The number of hydrogen-bond donors (Lipinski definition) is 2. The zero-order chi connectivity index (χ0) is 22.8. The number of carbonyl (C=O) groups excluding carboxylic acids is 3. The highest BCUT2D eigenvalue weighted by Crippen LogP contribution is 2.19. The van der Waals surface area contributed by atoms with Gasteiger partial charge in [-0.2, -0.15) is 0 Å². The molecule has 2 N–H and O–H groups in total. The third-order valence-electron chi connectivity index (χ3n) is 5.29. The predicted molar refractivity (Wildman–Crippen MR) is 123 cm³/mol. The van der Waals surface area contributed by atoms with Gasteiger partial charge in [-0.3, -0.25) is 14.4 Å². The van der Waals surface area contributed by atoms with Gasteiger partial charge in [-0.05, 0) is 36.1 Å². The van der Waals surface area contributed by atoms with Crippen LogP contribution < -0.4 is 10.6 Å². The van der Waals surface area contributed by atoms with Crippen LogP contribution in [0.4, 0.5) is 0 Å². The lowest BCUT2D eigenvalue weighted by molar-refractivity contribution is -0.145. The Morgan fingerprint density at radius 3 is 2.56 bits per heavy atom. The van der Waals surface area contributed by atoms with Gasteiger partial charge in [0.2, 0.25) is 11.8 Å². The van der Waals surface area contributed by atoms with E-state index in [1.807, 2.05) is 54.6 Å². The number of cyclic esters (lactones) is 1. The maximum absolute atomic E-state index is 12.9. The van der Waals surface area contributed by atoms with Crippen molar-refractivity contribution >= 4 is 29.4 Å². The summed E-state index contributed by atoms with van der Waals surface area (Å²) in [5, 5.41) is 6.33. The number of benzene rings is 2. The zero-order valence-electron chi connectivity index (χ0n) is 17.8. The molecule has 2 aromatic rings. The lowest BCUT2D eigenvalue weighted by Gasteiger charge is -2.20. The normalized spacial score (nSPS) is 20.8. The van der Waals surface area contributed by atoms with Crippen molar-refractivity contribution < 1.29 is 19.1 Å². The molecule has 3 rings (SSSR count). The Labute approximate surface area is 193 Å². The van der Waals surface area contributed by atoms with E-state index in [0.717, 1.165) is 11.1 Å². The topological polar surface area (TPSA) is 84.5 Å². The van der Waals surface area contributed by atoms with Gasteiger partial charge in [0.05, 0.1) is 18.4 Å². The van der Waals surface area contributed by atoms with Crippen LogP contribution in [0.1, 0.15) is 36.3 Å². The third-order valence-corrected chi connectivity index (χ3v) is 5.54. The summed E-state index contributed by atoms with van der Waals surface area (Å²) in [6, 6.07) is 16.5. The molecule has 0 radical (unpaired) electrons. The highest BCUT2D eigenvalue weighted by molar-refractivity contribution is 6.30. The van der Waals surface area contributed by atoms with Gasteiger partial charge in [0.15, 0.2) is 0 Å². The number of halogens is 1. The van der Waals surface area contributed by atoms with Crippen molar-refractivity contribution in [3.63, 3.8) is 0 Å². The Hall–Kier alpha value is -3.12. The van der Waals surface area contributed by atoms with Crippen LogP contribution >= 0.6 is 11.6 Å². The minimum absolute atomic E-state index is 0.0597. The molecule has 0 saturated carbocycles. The number of hydrogen-bond acceptors (Lipinski definition) is 4. The lowest BCUT2D eigenvalue weighted by atomic mass is 9.96. The highest BCUT2D eigenvalue weighted by atomic mass is 35.5. The molecular formula is C25H27ClN2O4. The van der Waals surface area contributed by atoms with Crippen LogP contribution in [0.25, 0.3) is 0 Å². The summed E-state index contributed by atoms with van der Waals surface area (Å²) in [6.45, 7) is 0.759. The van der Waals surface area contributed by atoms with Crippen molar-refractivity contribution in [2.45, 2.75) is 31.7 Å². The molecule has 2 amide bonds. The fourth-order valence-corrected chi connectivity index (χ4v) is 3.58. The minimum Gasteiger partial charge on any atom is -0.465 e. The molecule has 1 heterocycles. The van der Waals surface area contributed by atoms with Crippen LogP contribution in [0.15, 0.2) is 66.7 Å². The van der Waals surface area contributed by atoms with E-state index in [9.17, 15) is 14.4 Å². The Morgan fingerprint density at radius 2 is 1.81 bits per heavy atom. The predicted octanol–water partition coefficient (Wildman–Crippen LogP) is 3.76. The van der Waals surface area contributed by atoms with Gasteiger partial charge in [-0.1, -0.05) is 66.2 Å². The summed E-state index contributed by atoms with van der Waals surface area (Å²) in [4.78, 5) is 37.9. The van der Waals surface area contributed by atoms with Crippen LogP contribution in [0.2, 0.25) is 5.02 Å². The first-order valence-electron chi connectivity index (χ1n) is 10.7. The number of amides is 2. The van der Waals surface area contributed by atoms with Crippen molar-refractivity contribution in [3.05, 3.63) is 82.9 Å². The number of rotatable bonds is 5. The molecule has 0 bridgehead atoms. The van der Waals surface area contributed by atoms with Gasteiger partial charge in [-0.15, -0.1) is 0 Å². The van der Waals surface area contributed by atoms with E-state index in [1.165, 1.54) is 0 Å². The molecule has 168 valence electrons. The lowest BCUT2D eigenvalue weighted by Crippen LogP contribution is -2.38. The smallest absolute Gasteiger partial charge is 0.315 e. The molecular weight excluding hydrogens is 428 g/mol. The summed E-state index contributed by atoms with van der Waals surface area (Å²) in [7, 11) is 0. The number of ether oxygens (including phenoxy) is 1. The van der Waals surface area contributed by atoms with Crippen molar-refractivity contribution in [3.8, 4) is 0 Å². The van der Waals surface area contributed by atoms with Gasteiger partial charge in [0.1, 0.15) is 0 Å². The van der Waals surface area contributed by atoms with Gasteiger partial charge >= 0.3 is 5.97 Å². The van der Waals surface area contributed by atoms with Crippen LogP contribution in [-0.2, 0) is 25.7 Å². The first-order valence-corrected chi connectivity index (χ1v) is 11.1. The Bertz CT molecular complexity index is 944. The van der Waals surface area contributed by atoms with Crippen molar-refractivity contribution in [1.29, 1.82) is 0 Å². The number of allylic oxidation sites excluding steroid dienone is 1. The number of carbonyl (C=O) groups is 3. The number of nitrogens with one attached hydrogen (secondary N) is 2. The van der Waals surface area contributed by atoms with Crippen LogP contribution in [0, 0.1) is 5.92 Å². The molecule has 2 aromatic carbocycles. The molecule has 0 aromatic heterocycles. The first kappa shape index (κ1) is 23.5. The first-order chi connectivity index (χ1) is 15.5. The summed E-state index contributed by atoms with van der Waals surface area (Å²) < 4.78 is 5.38. The fourth-order valence-electron chi connectivity index (χ4n) is 3.46. The highest BCUT2D eigenvalue weighted by Gasteiger charge is 2.26. The Morgan fingerprint density at radius 1 is 1.06 bits per heavy atom. The Kier molecular flexibility index (Phi) is 8.87. The minimum atomic E-state index is -0.595. The Balaban J connectivity index is 1.63. The van der Waals surface area contributed by atoms with Gasteiger partial charge in [-0.25, -0.2) is 0 Å². The third kappa shape index (κ3) is 7.24. The second kappa shape index (κ2) is 12.1. The maximum Gasteiger partial charge on any atom is 0.315 e. The van der Waals surface area contributed by atoms with E-state index >= 15 is 0 Å². The molecule has 0 saturated heterocycles. The summed E-state index contributed by atoms with van der Waals surface area (Å²) >= 11 is 5.89. The molecule has 32 heavy (non-hydrogen) atoms. The van der Waals surface area contributed by atoms with E-state index < -0.39 is 11.8 Å². The van der Waals surface area contributed by atoms with Gasteiger partial charge in [0, 0.05) is 24.5 Å². The van der Waals surface area contributed by atoms with Crippen LogP contribution in [-0.4, -0.2) is 30.9 Å². The molecule has 0 fully saturated rings. The average molecular weight is 455 g/mol. The SMILES string of the molecule is O=C(C[C@@H]1C/C=C/CCOC(=O)C(c2ccccc2)CNC1=O)NCc1ccc(Cl)cc1. The van der Waals surface area contributed by atoms with E-state index in [0.29, 0.717) is 24.4 Å². The largest absolute Gasteiger partial charge is 0.465 e. The standard InChI is InChI=1S/C25H27ClN2O4/c26-21-12-10-18(11-13-21)16-27-23(29)15-20-9-5-2-6-14-32-25(31)22(17-28-24(20)30)19-7-3-1-4-8-19/h1-5,7-8,10-13,20,22H,6,9,14-17H2,(H,27,29)(H,28,30)/b5-2+/t20-,22?/m0/s1. The van der Waals surface area contributed by atoms with Gasteiger partial charge in [0.25, 0.3) is 0 Å². The van der Waals surface area contributed by atoms with Crippen molar-refractivity contribution in [1.82, 2.24) is 10.6 Å². The molecule has 1 unspecified atom stereocenters. The second-order valence-electron chi connectivity index (χ2n) is 7.68. The fraction of sp³-hybridized carbons (Fsp3) is 0.320. The molecule has 2 atom stereocenters. The average Bonchev–Trinajstić information content (AvgIpc) is 2.80. The molecule has 1 aliphatic rings. The van der Waals surface area contributed by atoms with E-state index in [1.54, 1.807) is 12.1 Å². The molecule has 6 nitrogen and oxygen atoms in total. The molecule has 0 aliphatic carbocycles. The van der Waals surface area contributed by atoms with E-state index in [-0.39, 0.29) is 37.4 Å². The van der Waals surface area contributed by atoms with Crippen molar-refractivity contribution in [2.75, 3.05) is 13.2 Å². The van der Waals surface area contributed by atoms with Crippen LogP contribution in [0.5, 0.6) is 0 Å². The monoisotopic (exact) mass is 454 g/mol. The number of esters is 1. The summed E-state index contributed by atoms with van der Waals surface area (Å²) in [5.74, 6) is -1.96. The van der Waals surface area contributed by atoms with Crippen LogP contribution in [0.3, 0.4) is 0 Å². The quantitative estimate of drug-likeness (QED) is 0.532. The maximum atomic E-state index is 12.9. The molecule has 1 aliphatic heterocycles. The summed E-state index contributed by atoms with van der Waals surface area (Å²) in [5.41, 5.74) is 1.71. The van der Waals surface area contributed by atoms with Gasteiger partial charge < -0.3 is 15.4 Å². The second-order valence-corrected chi connectivity index (χ2v) is 8.11. The van der Waals surface area contributed by atoms with E-state index in [2.05, 4.69) is 10.6 Å². The van der Waals surface area contributed by atoms with E-state index in [4.69, 9.17) is 16.3 Å². The molecule has 7 heteroatoms. The molecule has 0 spiro atoms. The zero-order valence-corrected chi connectivity index (χ0v) is 18.5. The summed E-state index contributed by atoms with van der Waals surface area (Å²) in [6.07, 6.45) is 4.79. The van der Waals surface area contributed by atoms with Crippen molar-refractivity contribution in [2.24, 2.45) is 5.92 Å².